The second-order valence-corrected chi connectivity index (χ2v) is 13.8. The average molecular weight is 752 g/mol. The molecule has 5 aromatic rings. The Morgan fingerprint density at radius 1 is 0.558 bits per heavy atom. The minimum atomic E-state index is 0. The van der Waals surface area contributed by atoms with Gasteiger partial charge in [0.15, 0.2) is 0 Å². The molecule has 0 aliphatic carbocycles. The molecule has 1 aliphatic rings. The number of hydrogen-bond donors (Lipinski definition) is 0. The summed E-state index contributed by atoms with van der Waals surface area (Å²) < 4.78 is 4.11. The molecule has 0 unspecified atom stereocenters. The average Bonchev–Trinajstić information content (AvgIpc) is 3.55. The molecule has 0 bridgehead atoms. The number of nitrogens with zero attached hydrogens (tertiary/aromatic N) is 3. The van der Waals surface area contributed by atoms with E-state index in [0.717, 1.165) is 22.4 Å². The van der Waals surface area contributed by atoms with Gasteiger partial charge in [-0.05, 0) is 60.4 Å². The quantitative estimate of drug-likeness (QED) is 0.130. The predicted octanol–water partition coefficient (Wildman–Crippen LogP) is 10.1. The normalized spacial score (nSPS) is 13.0. The van der Waals surface area contributed by atoms with Gasteiger partial charge in [-0.1, -0.05) is 121 Å². The first-order valence-electron chi connectivity index (χ1n) is 14.9. The Hall–Kier alpha value is -3.46. The Bertz CT molecular complexity index is 1780. The van der Waals surface area contributed by atoms with Gasteiger partial charge in [-0.3, -0.25) is 0 Å². The van der Waals surface area contributed by atoms with Crippen LogP contribution in [-0.2, 0) is 33.2 Å². The molecule has 43 heavy (non-hydrogen) atoms. The van der Waals surface area contributed by atoms with Crippen molar-refractivity contribution in [1.82, 2.24) is 4.98 Å². The van der Waals surface area contributed by atoms with Crippen LogP contribution in [0, 0.1) is 27.7 Å². The first-order chi connectivity index (χ1) is 19.7. The fourth-order valence-corrected chi connectivity index (χ4v) is 5.59. The molecule has 0 atom stereocenters. The molecule has 2 heterocycles. The molecule has 0 fully saturated rings. The van der Waals surface area contributed by atoms with Crippen LogP contribution in [0.2, 0.25) is 0 Å². The minimum absolute atomic E-state index is 0. The van der Waals surface area contributed by atoms with Gasteiger partial charge in [0.25, 0.3) is 12.4 Å². The molecule has 0 amide bonds. The molecule has 0 N–H and O–H groups in total. The molecule has 224 valence electrons. The standard InChI is InChI=1S/C23H28N2.C16H16N.Au/c1-22(2,3)18-9-7-11-20(15-18)24-13-14-25(17-24)21-12-8-10-19(16-21)23(4,5)6;1-9-5-11(3)15-13(7-9)14-8-10(2)6-12(4)16(14)17-15;/h7-16H,1-6H3;5-8H,1-4H3;/q+2;-1;+1. The zero-order valence-electron chi connectivity index (χ0n) is 27.2. The monoisotopic (exact) mass is 751 g/mol. The molecular formula is C39H44AuN3+2. The fourth-order valence-electron chi connectivity index (χ4n) is 5.59. The van der Waals surface area contributed by atoms with E-state index < -0.39 is 0 Å². The van der Waals surface area contributed by atoms with Gasteiger partial charge in [-0.2, -0.15) is 0 Å². The van der Waals surface area contributed by atoms with Gasteiger partial charge >= 0.3 is 28.4 Å². The molecule has 4 heteroatoms. The van der Waals surface area contributed by atoms with Crippen LogP contribution in [0.4, 0.5) is 11.4 Å². The second kappa shape index (κ2) is 12.3. The molecule has 3 nitrogen and oxygen atoms in total. The summed E-state index contributed by atoms with van der Waals surface area (Å²) in [5.74, 6) is 0. The van der Waals surface area contributed by atoms with Crippen molar-refractivity contribution in [3.8, 4) is 0 Å². The summed E-state index contributed by atoms with van der Waals surface area (Å²) in [6.45, 7) is 22.0. The molecule has 6 rings (SSSR count). The van der Waals surface area contributed by atoms with Gasteiger partial charge in [0.1, 0.15) is 0 Å². The van der Waals surface area contributed by atoms with Crippen molar-refractivity contribution in [2.45, 2.75) is 80.1 Å². The summed E-state index contributed by atoms with van der Waals surface area (Å²) in [6, 6.07) is 29.7. The summed E-state index contributed by atoms with van der Waals surface area (Å²) in [5, 5.41) is 2.59. The largest absolute Gasteiger partial charge is 1.00 e. The van der Waals surface area contributed by atoms with Crippen LogP contribution in [0.15, 0.2) is 85.2 Å². The van der Waals surface area contributed by atoms with Gasteiger partial charge < -0.3 is 4.98 Å². The minimum Gasteiger partial charge on any atom is -0.656 e. The fraction of sp³-hybridized carbons (Fsp3) is 0.308. The summed E-state index contributed by atoms with van der Waals surface area (Å²) in [7, 11) is 0. The van der Waals surface area contributed by atoms with Crippen molar-refractivity contribution in [3.05, 3.63) is 119 Å². The Morgan fingerprint density at radius 3 is 1.33 bits per heavy atom. The van der Waals surface area contributed by atoms with Gasteiger partial charge in [0.2, 0.25) is 11.4 Å². The maximum atomic E-state index is 4.80. The van der Waals surface area contributed by atoms with Gasteiger partial charge in [0.05, 0.1) is 0 Å². The van der Waals surface area contributed by atoms with Gasteiger partial charge in [0, 0.05) is 24.3 Å². The van der Waals surface area contributed by atoms with Gasteiger partial charge in [-0.25, -0.2) is 0 Å². The van der Waals surface area contributed by atoms with Crippen LogP contribution in [0.1, 0.15) is 74.9 Å². The van der Waals surface area contributed by atoms with E-state index in [2.05, 4.69) is 170 Å². The maximum absolute atomic E-state index is 4.80. The van der Waals surface area contributed by atoms with Crippen LogP contribution in [0.3, 0.4) is 0 Å². The molecular weight excluding hydrogens is 707 g/mol. The molecule has 4 aromatic carbocycles. The van der Waals surface area contributed by atoms with Crippen molar-refractivity contribution in [2.24, 2.45) is 0 Å². The summed E-state index contributed by atoms with van der Waals surface area (Å²) in [6.07, 6.45) is 4.12. The van der Waals surface area contributed by atoms with E-state index in [4.69, 9.17) is 4.98 Å². The molecule has 0 radical (unpaired) electrons. The zero-order chi connectivity index (χ0) is 30.4. The number of aromatic nitrogens is 1. The predicted molar refractivity (Wildman–Crippen MR) is 178 cm³/mol. The van der Waals surface area contributed by atoms with E-state index >= 15 is 0 Å². The van der Waals surface area contributed by atoms with E-state index in [1.165, 1.54) is 44.2 Å². The van der Waals surface area contributed by atoms with E-state index in [0.29, 0.717) is 0 Å². The molecule has 1 aliphatic heterocycles. The second-order valence-electron chi connectivity index (χ2n) is 13.8. The van der Waals surface area contributed by atoms with E-state index in [9.17, 15) is 0 Å². The summed E-state index contributed by atoms with van der Waals surface area (Å²) in [4.78, 5) is 4.80. The maximum Gasteiger partial charge on any atom is 1.00 e. The van der Waals surface area contributed by atoms with Crippen LogP contribution < -0.4 is 4.98 Å². The van der Waals surface area contributed by atoms with Crippen molar-refractivity contribution in [1.29, 1.82) is 0 Å². The summed E-state index contributed by atoms with van der Waals surface area (Å²) in [5.41, 5.74) is 12.7. The number of rotatable bonds is 2. The molecule has 0 saturated heterocycles. The van der Waals surface area contributed by atoms with E-state index in [1.54, 1.807) is 0 Å². The van der Waals surface area contributed by atoms with Crippen LogP contribution in [0.5, 0.6) is 0 Å². The Labute approximate surface area is 273 Å². The number of hydrogen-bond acceptors (Lipinski definition) is 0. The Balaban J connectivity index is 0.000000205. The number of fused-ring (bicyclic) bond motifs is 3. The van der Waals surface area contributed by atoms with Crippen LogP contribution in [0.25, 0.3) is 21.8 Å². The summed E-state index contributed by atoms with van der Waals surface area (Å²) >= 11 is 0. The number of aryl methyl sites for hydroxylation is 4. The van der Waals surface area contributed by atoms with Crippen molar-refractivity contribution in [2.75, 3.05) is 0 Å². The molecule has 1 aromatic heterocycles. The Morgan fingerprint density at radius 2 is 0.953 bits per heavy atom. The SMILES string of the molecule is CC(C)(C)c1cccc([N+]2=C=[N+](c3cccc(C(C)(C)C)c3)C=C2)c1.Cc1cc(C)c2[n-]c3c(C)cc(C)cc3c2c1.[Au+]. The Kier molecular flexibility index (Phi) is 9.26. The van der Waals surface area contributed by atoms with Crippen LogP contribution in [-0.4, -0.2) is 15.2 Å². The zero-order valence-corrected chi connectivity index (χ0v) is 29.4. The first kappa shape index (κ1) is 32.5. The third-order valence-corrected chi connectivity index (χ3v) is 7.96. The molecule has 0 saturated carbocycles. The van der Waals surface area contributed by atoms with Crippen LogP contribution >= 0.6 is 0 Å². The smallest absolute Gasteiger partial charge is 0.656 e. The van der Waals surface area contributed by atoms with E-state index in [1.807, 2.05) is 0 Å². The third kappa shape index (κ3) is 7.03. The topological polar surface area (TPSA) is 20.1 Å². The van der Waals surface area contributed by atoms with Gasteiger partial charge in [-0.15, -0.1) is 11.0 Å². The first-order valence-corrected chi connectivity index (χ1v) is 14.9. The third-order valence-electron chi connectivity index (χ3n) is 7.96. The van der Waals surface area contributed by atoms with E-state index in [-0.39, 0.29) is 33.2 Å². The number of benzene rings is 4. The van der Waals surface area contributed by atoms with Crippen molar-refractivity contribution >= 4 is 39.2 Å². The molecule has 0 spiro atoms. The van der Waals surface area contributed by atoms with Crippen molar-refractivity contribution in [3.63, 3.8) is 0 Å². The van der Waals surface area contributed by atoms with Crippen molar-refractivity contribution < 1.29 is 31.5 Å².